The summed E-state index contributed by atoms with van der Waals surface area (Å²) in [7, 11) is 0. The van der Waals surface area contributed by atoms with Crippen molar-refractivity contribution in [2.45, 2.75) is 31.7 Å². The Morgan fingerprint density at radius 3 is 2.39 bits per heavy atom. The van der Waals surface area contributed by atoms with Crippen molar-refractivity contribution < 1.29 is 0 Å². The van der Waals surface area contributed by atoms with E-state index in [9.17, 15) is 0 Å². The lowest BCUT2D eigenvalue weighted by Crippen LogP contribution is -2.49. The van der Waals surface area contributed by atoms with Gasteiger partial charge in [-0.05, 0) is 40.9 Å². The maximum absolute atomic E-state index is 4.49. The Morgan fingerprint density at radius 2 is 1.78 bits per heavy atom. The van der Waals surface area contributed by atoms with E-state index < -0.39 is 0 Å². The molecule has 1 aromatic heterocycles. The highest BCUT2D eigenvalue weighted by molar-refractivity contribution is 9.10. The molecule has 4 heteroatoms. The van der Waals surface area contributed by atoms with Gasteiger partial charge in [0.25, 0.3) is 0 Å². The molecule has 0 N–H and O–H groups in total. The first-order chi connectivity index (χ1) is 8.83. The van der Waals surface area contributed by atoms with E-state index in [1.807, 2.05) is 6.20 Å². The summed E-state index contributed by atoms with van der Waals surface area (Å²) < 4.78 is 1.05. The Balaban J connectivity index is 1.57. The first-order valence-corrected chi connectivity index (χ1v) is 7.73. The highest BCUT2D eigenvalue weighted by Gasteiger charge is 2.26. The van der Waals surface area contributed by atoms with Crippen LogP contribution in [0.5, 0.6) is 0 Å². The molecule has 1 saturated carbocycles. The molecule has 2 heterocycles. The molecular formula is C14H20BrN3. The summed E-state index contributed by atoms with van der Waals surface area (Å²) >= 11 is 3.43. The number of aromatic nitrogens is 1. The maximum atomic E-state index is 4.49. The molecule has 0 atom stereocenters. The Kier molecular flexibility index (Phi) is 3.85. The zero-order valence-corrected chi connectivity index (χ0v) is 12.3. The van der Waals surface area contributed by atoms with E-state index in [0.29, 0.717) is 0 Å². The van der Waals surface area contributed by atoms with E-state index in [1.54, 1.807) is 0 Å². The number of halogens is 1. The Labute approximate surface area is 117 Å². The molecule has 0 amide bonds. The van der Waals surface area contributed by atoms with E-state index in [1.165, 1.54) is 38.8 Å². The molecular weight excluding hydrogens is 290 g/mol. The summed E-state index contributed by atoms with van der Waals surface area (Å²) in [5, 5.41) is 0. The van der Waals surface area contributed by atoms with Crippen LogP contribution in [0, 0.1) is 0 Å². The molecule has 0 bridgehead atoms. The molecule has 2 aliphatic rings. The van der Waals surface area contributed by atoms with Gasteiger partial charge in [-0.2, -0.15) is 0 Å². The standard InChI is InChI=1S/C14H20BrN3/c15-12-5-6-14(16-11-12)18-9-7-17(8-10-18)13-3-1-2-4-13/h5-6,11,13H,1-4,7-10H2. The van der Waals surface area contributed by atoms with Gasteiger partial charge in [-0.3, -0.25) is 4.90 Å². The smallest absolute Gasteiger partial charge is 0.128 e. The Morgan fingerprint density at radius 1 is 1.06 bits per heavy atom. The molecule has 0 aromatic carbocycles. The van der Waals surface area contributed by atoms with Crippen LogP contribution in [0.2, 0.25) is 0 Å². The van der Waals surface area contributed by atoms with Crippen LogP contribution in [-0.2, 0) is 0 Å². The van der Waals surface area contributed by atoms with Crippen molar-refractivity contribution in [2.75, 3.05) is 31.1 Å². The highest BCUT2D eigenvalue weighted by Crippen LogP contribution is 2.25. The van der Waals surface area contributed by atoms with Gasteiger partial charge in [0, 0.05) is 42.9 Å². The summed E-state index contributed by atoms with van der Waals surface area (Å²) in [6.45, 7) is 4.63. The lowest BCUT2D eigenvalue weighted by molar-refractivity contribution is 0.187. The molecule has 0 radical (unpaired) electrons. The number of pyridine rings is 1. The van der Waals surface area contributed by atoms with Crippen molar-refractivity contribution in [2.24, 2.45) is 0 Å². The van der Waals surface area contributed by atoms with E-state index in [-0.39, 0.29) is 0 Å². The summed E-state index contributed by atoms with van der Waals surface area (Å²) in [6.07, 6.45) is 7.57. The van der Waals surface area contributed by atoms with Crippen LogP contribution in [0.4, 0.5) is 5.82 Å². The number of hydrogen-bond donors (Lipinski definition) is 0. The summed E-state index contributed by atoms with van der Waals surface area (Å²) in [5.41, 5.74) is 0. The monoisotopic (exact) mass is 309 g/mol. The van der Waals surface area contributed by atoms with Crippen LogP contribution in [-0.4, -0.2) is 42.1 Å². The van der Waals surface area contributed by atoms with Gasteiger partial charge in [-0.15, -0.1) is 0 Å². The second kappa shape index (κ2) is 5.57. The average molecular weight is 310 g/mol. The predicted octanol–water partition coefficient (Wildman–Crippen LogP) is 2.91. The van der Waals surface area contributed by atoms with Crippen molar-refractivity contribution in [1.29, 1.82) is 0 Å². The highest BCUT2D eigenvalue weighted by atomic mass is 79.9. The normalized spacial score (nSPS) is 22.6. The molecule has 1 saturated heterocycles. The van der Waals surface area contributed by atoms with Gasteiger partial charge in [0.15, 0.2) is 0 Å². The number of rotatable bonds is 2. The minimum absolute atomic E-state index is 0.866. The molecule has 3 nitrogen and oxygen atoms in total. The molecule has 98 valence electrons. The fourth-order valence-electron chi connectivity index (χ4n) is 3.14. The van der Waals surface area contributed by atoms with Crippen LogP contribution < -0.4 is 4.90 Å². The van der Waals surface area contributed by atoms with Gasteiger partial charge in [0.05, 0.1) is 0 Å². The molecule has 3 rings (SSSR count). The minimum atomic E-state index is 0.866. The van der Waals surface area contributed by atoms with Crippen molar-refractivity contribution in [1.82, 2.24) is 9.88 Å². The molecule has 0 unspecified atom stereocenters. The van der Waals surface area contributed by atoms with Crippen LogP contribution in [0.1, 0.15) is 25.7 Å². The number of anilines is 1. The van der Waals surface area contributed by atoms with E-state index >= 15 is 0 Å². The third-order valence-corrected chi connectivity index (χ3v) is 4.66. The zero-order chi connectivity index (χ0) is 12.4. The van der Waals surface area contributed by atoms with Gasteiger partial charge >= 0.3 is 0 Å². The zero-order valence-electron chi connectivity index (χ0n) is 10.7. The van der Waals surface area contributed by atoms with Gasteiger partial charge in [-0.1, -0.05) is 12.8 Å². The summed E-state index contributed by atoms with van der Waals surface area (Å²) in [4.78, 5) is 9.57. The lowest BCUT2D eigenvalue weighted by Gasteiger charge is -2.38. The number of nitrogens with zero attached hydrogens (tertiary/aromatic N) is 3. The maximum Gasteiger partial charge on any atom is 0.128 e. The molecule has 1 aliphatic carbocycles. The molecule has 2 fully saturated rings. The molecule has 1 aromatic rings. The molecule has 1 aliphatic heterocycles. The number of piperazine rings is 1. The molecule has 0 spiro atoms. The molecule has 18 heavy (non-hydrogen) atoms. The van der Waals surface area contributed by atoms with E-state index in [0.717, 1.165) is 29.4 Å². The second-order valence-corrected chi connectivity index (χ2v) is 6.21. The van der Waals surface area contributed by atoms with Crippen LogP contribution in [0.3, 0.4) is 0 Å². The predicted molar refractivity (Wildman–Crippen MR) is 78.0 cm³/mol. The minimum Gasteiger partial charge on any atom is -0.354 e. The topological polar surface area (TPSA) is 19.4 Å². The van der Waals surface area contributed by atoms with E-state index in [4.69, 9.17) is 0 Å². The first-order valence-electron chi connectivity index (χ1n) is 6.93. The van der Waals surface area contributed by atoms with Gasteiger partial charge in [0.2, 0.25) is 0 Å². The Bertz CT molecular complexity index is 379. The van der Waals surface area contributed by atoms with Gasteiger partial charge in [0.1, 0.15) is 5.82 Å². The average Bonchev–Trinajstić information content (AvgIpc) is 2.94. The van der Waals surface area contributed by atoms with E-state index in [2.05, 4.69) is 42.8 Å². The SMILES string of the molecule is Brc1ccc(N2CCN(C3CCCC3)CC2)nc1. The quantitative estimate of drug-likeness (QED) is 0.837. The van der Waals surface area contributed by atoms with Crippen LogP contribution in [0.25, 0.3) is 0 Å². The Hall–Kier alpha value is -0.610. The lowest BCUT2D eigenvalue weighted by atomic mass is 10.2. The summed E-state index contributed by atoms with van der Waals surface area (Å²) in [6, 6.07) is 5.05. The van der Waals surface area contributed by atoms with Crippen LogP contribution in [0.15, 0.2) is 22.8 Å². The number of hydrogen-bond acceptors (Lipinski definition) is 3. The third kappa shape index (κ3) is 2.69. The van der Waals surface area contributed by atoms with Gasteiger partial charge < -0.3 is 4.90 Å². The van der Waals surface area contributed by atoms with Crippen molar-refractivity contribution >= 4 is 21.7 Å². The van der Waals surface area contributed by atoms with Crippen molar-refractivity contribution in [3.8, 4) is 0 Å². The first kappa shape index (κ1) is 12.4. The largest absolute Gasteiger partial charge is 0.354 e. The summed E-state index contributed by atoms with van der Waals surface area (Å²) in [5.74, 6) is 1.12. The second-order valence-electron chi connectivity index (χ2n) is 5.30. The van der Waals surface area contributed by atoms with Gasteiger partial charge in [-0.25, -0.2) is 4.98 Å². The third-order valence-electron chi connectivity index (χ3n) is 4.19. The van der Waals surface area contributed by atoms with Crippen molar-refractivity contribution in [3.63, 3.8) is 0 Å². The fraction of sp³-hybridized carbons (Fsp3) is 0.643. The van der Waals surface area contributed by atoms with Crippen molar-refractivity contribution in [3.05, 3.63) is 22.8 Å². The fourth-order valence-corrected chi connectivity index (χ4v) is 3.38. The van der Waals surface area contributed by atoms with Crippen LogP contribution >= 0.6 is 15.9 Å².